The molecule has 0 bridgehead atoms. The summed E-state index contributed by atoms with van der Waals surface area (Å²) in [5, 5.41) is 0. The maximum Gasteiger partial charge on any atom is 0.0501 e. The van der Waals surface area contributed by atoms with Crippen molar-refractivity contribution in [1.82, 2.24) is 0 Å². The van der Waals surface area contributed by atoms with Crippen molar-refractivity contribution in [1.29, 1.82) is 0 Å². The monoisotopic (exact) mass is 442 g/mol. The van der Waals surface area contributed by atoms with Crippen molar-refractivity contribution in [2.24, 2.45) is 5.92 Å². The number of allylic oxidation sites excluding steroid dienone is 7. The van der Waals surface area contributed by atoms with Crippen LogP contribution in [0, 0.1) is 5.92 Å². The van der Waals surface area contributed by atoms with Crippen molar-refractivity contribution in [2.75, 3.05) is 0 Å². The van der Waals surface area contributed by atoms with Crippen LogP contribution >= 0.6 is 0 Å². The molecule has 0 aliphatic heterocycles. The van der Waals surface area contributed by atoms with E-state index in [-0.39, 0.29) is 5.41 Å². The number of benzene rings is 3. The van der Waals surface area contributed by atoms with Crippen LogP contribution in [0.4, 0.5) is 0 Å². The van der Waals surface area contributed by atoms with Crippen LogP contribution in [-0.2, 0) is 11.8 Å². The molecule has 0 saturated carbocycles. The van der Waals surface area contributed by atoms with Gasteiger partial charge in [-0.1, -0.05) is 136 Å². The van der Waals surface area contributed by atoms with Gasteiger partial charge in [-0.15, -0.1) is 0 Å². The van der Waals surface area contributed by atoms with Crippen LogP contribution in [0.15, 0.2) is 115 Å². The fraction of sp³-hybridized carbons (Fsp3) is 0.235. The minimum absolute atomic E-state index is 0.185. The number of hydrogen-bond acceptors (Lipinski definition) is 0. The Balaban J connectivity index is 1.78. The summed E-state index contributed by atoms with van der Waals surface area (Å²) in [6.07, 6.45) is 15.2. The summed E-state index contributed by atoms with van der Waals surface area (Å²) < 4.78 is 0. The molecule has 0 nitrogen and oxygen atoms in total. The average molecular weight is 443 g/mol. The van der Waals surface area contributed by atoms with E-state index in [1.54, 1.807) is 0 Å². The van der Waals surface area contributed by atoms with Crippen molar-refractivity contribution < 1.29 is 0 Å². The highest BCUT2D eigenvalue weighted by Gasteiger charge is 2.45. The summed E-state index contributed by atoms with van der Waals surface area (Å²) in [5.74, 6) is 0.858. The molecule has 0 heterocycles. The molecule has 1 spiro atoms. The first-order valence-electron chi connectivity index (χ1n) is 12.5. The third-order valence-electron chi connectivity index (χ3n) is 7.68. The van der Waals surface area contributed by atoms with Gasteiger partial charge in [0, 0.05) is 0 Å². The highest BCUT2D eigenvalue weighted by atomic mass is 14.5. The summed E-state index contributed by atoms with van der Waals surface area (Å²) in [5.41, 5.74) is 11.1. The van der Waals surface area contributed by atoms with Crippen LogP contribution in [0.1, 0.15) is 60.9 Å². The van der Waals surface area contributed by atoms with Crippen LogP contribution in [-0.4, -0.2) is 0 Å². The summed E-state index contributed by atoms with van der Waals surface area (Å²) in [6, 6.07) is 25.3. The Morgan fingerprint density at radius 2 is 1.68 bits per heavy atom. The molecule has 0 fully saturated rings. The zero-order chi connectivity index (χ0) is 23.7. The minimum Gasteiger partial charge on any atom is -0.0991 e. The lowest BCUT2D eigenvalue weighted by atomic mass is 9.67. The van der Waals surface area contributed by atoms with Crippen LogP contribution < -0.4 is 0 Å². The largest absolute Gasteiger partial charge is 0.0991 e. The second kappa shape index (κ2) is 9.11. The second-order valence-electron chi connectivity index (χ2n) is 10.0. The van der Waals surface area contributed by atoms with E-state index in [4.69, 9.17) is 0 Å². The van der Waals surface area contributed by atoms with Crippen molar-refractivity contribution >= 4 is 0 Å². The normalized spacial score (nSPS) is 22.8. The van der Waals surface area contributed by atoms with Crippen LogP contribution in [0.2, 0.25) is 0 Å². The maximum atomic E-state index is 3.95. The lowest BCUT2D eigenvalue weighted by Crippen LogP contribution is -2.28. The van der Waals surface area contributed by atoms with Crippen molar-refractivity contribution in [2.45, 2.75) is 44.9 Å². The van der Waals surface area contributed by atoms with E-state index in [2.05, 4.69) is 124 Å². The Labute approximate surface area is 205 Å². The molecular formula is C34H34. The predicted octanol–water partition coefficient (Wildman–Crippen LogP) is 8.93. The fourth-order valence-electron chi connectivity index (χ4n) is 5.93. The molecular weight excluding hydrogens is 408 g/mol. The predicted molar refractivity (Wildman–Crippen MR) is 146 cm³/mol. The molecule has 2 aliphatic carbocycles. The third-order valence-corrected chi connectivity index (χ3v) is 7.68. The number of hydrogen-bond donors (Lipinski definition) is 0. The Bertz CT molecular complexity index is 1310. The smallest absolute Gasteiger partial charge is 0.0501 e. The SMILES string of the molecule is C=C/C=C(/Cc1ccc2c(c1)C1(C/C=C\C=C/C(C)c3ccccc31)c1ccccc1-2)C(C)C. The van der Waals surface area contributed by atoms with Gasteiger partial charge in [-0.3, -0.25) is 0 Å². The van der Waals surface area contributed by atoms with Crippen LogP contribution in [0.3, 0.4) is 0 Å². The van der Waals surface area contributed by atoms with Gasteiger partial charge in [0.2, 0.25) is 0 Å². The lowest BCUT2D eigenvalue weighted by Gasteiger charge is -2.35. The molecule has 34 heavy (non-hydrogen) atoms. The highest BCUT2D eigenvalue weighted by Crippen LogP contribution is 2.56. The van der Waals surface area contributed by atoms with Gasteiger partial charge in [0.15, 0.2) is 0 Å². The maximum absolute atomic E-state index is 3.95. The van der Waals surface area contributed by atoms with Gasteiger partial charge in [0.05, 0.1) is 5.41 Å². The molecule has 0 radical (unpaired) electrons. The van der Waals surface area contributed by atoms with Crippen LogP contribution in [0.25, 0.3) is 11.1 Å². The zero-order valence-electron chi connectivity index (χ0n) is 20.6. The molecule has 3 aromatic rings. The molecule has 2 unspecified atom stereocenters. The third kappa shape index (κ3) is 3.62. The van der Waals surface area contributed by atoms with Gasteiger partial charge in [0.25, 0.3) is 0 Å². The topological polar surface area (TPSA) is 0 Å². The zero-order valence-corrected chi connectivity index (χ0v) is 20.6. The molecule has 5 rings (SSSR count). The Morgan fingerprint density at radius 3 is 2.47 bits per heavy atom. The summed E-state index contributed by atoms with van der Waals surface area (Å²) in [4.78, 5) is 0. The first kappa shape index (κ1) is 22.4. The first-order chi connectivity index (χ1) is 16.6. The van der Waals surface area contributed by atoms with Gasteiger partial charge in [-0.25, -0.2) is 0 Å². The number of fused-ring (bicyclic) bond motifs is 7. The average Bonchev–Trinajstić information content (AvgIpc) is 3.16. The molecule has 0 N–H and O–H groups in total. The van der Waals surface area contributed by atoms with E-state index in [1.165, 1.54) is 44.5 Å². The summed E-state index contributed by atoms with van der Waals surface area (Å²) in [6.45, 7) is 10.8. The van der Waals surface area contributed by atoms with Gasteiger partial charge < -0.3 is 0 Å². The Morgan fingerprint density at radius 1 is 0.941 bits per heavy atom. The molecule has 0 amide bonds. The molecule has 0 heteroatoms. The highest BCUT2D eigenvalue weighted by molar-refractivity contribution is 5.84. The molecule has 2 aliphatic rings. The molecule has 2 atom stereocenters. The Hall–Kier alpha value is -3.38. The quantitative estimate of drug-likeness (QED) is 0.354. The van der Waals surface area contributed by atoms with Gasteiger partial charge in [-0.2, -0.15) is 0 Å². The van der Waals surface area contributed by atoms with Gasteiger partial charge in [0.1, 0.15) is 0 Å². The first-order valence-corrected chi connectivity index (χ1v) is 12.5. The van der Waals surface area contributed by atoms with Gasteiger partial charge >= 0.3 is 0 Å². The Kier molecular flexibility index (Phi) is 6.00. The summed E-state index contributed by atoms with van der Waals surface area (Å²) >= 11 is 0. The molecule has 3 aromatic carbocycles. The van der Waals surface area contributed by atoms with E-state index in [0.717, 1.165) is 12.8 Å². The minimum atomic E-state index is -0.185. The lowest BCUT2D eigenvalue weighted by molar-refractivity contribution is 0.633. The molecule has 0 aromatic heterocycles. The van der Waals surface area contributed by atoms with Crippen molar-refractivity contribution in [3.63, 3.8) is 0 Å². The van der Waals surface area contributed by atoms with Crippen molar-refractivity contribution in [3.8, 4) is 11.1 Å². The number of rotatable bonds is 4. The molecule has 0 saturated heterocycles. The van der Waals surface area contributed by atoms with E-state index in [0.29, 0.717) is 11.8 Å². The van der Waals surface area contributed by atoms with E-state index in [1.807, 2.05) is 6.08 Å². The second-order valence-corrected chi connectivity index (χ2v) is 10.0. The standard InChI is InChI=1S/C34H34/c1-5-13-27(24(2)3)22-26-19-20-30-29-16-9-11-18-32(29)34(33(30)23-26)21-12-6-7-14-25(4)28-15-8-10-17-31(28)34/h5-20,23-25H,1,21-22H2,2-4H3/b12-6-,14-7-,27-13-. The van der Waals surface area contributed by atoms with E-state index in [9.17, 15) is 0 Å². The van der Waals surface area contributed by atoms with Crippen molar-refractivity contribution in [3.05, 3.63) is 143 Å². The fourth-order valence-corrected chi connectivity index (χ4v) is 5.93. The van der Waals surface area contributed by atoms with E-state index < -0.39 is 0 Å². The summed E-state index contributed by atoms with van der Waals surface area (Å²) in [7, 11) is 0. The molecule has 170 valence electrons. The van der Waals surface area contributed by atoms with Crippen LogP contribution in [0.5, 0.6) is 0 Å². The van der Waals surface area contributed by atoms with E-state index >= 15 is 0 Å². The van der Waals surface area contributed by atoms with Gasteiger partial charge in [-0.05, 0) is 63.6 Å².